The number of carbonyl (C=O) groups is 1. The minimum Gasteiger partial charge on any atom is -0.314 e. The quantitative estimate of drug-likeness (QED) is 0.403. The van der Waals surface area contributed by atoms with E-state index in [-0.39, 0.29) is 12.1 Å². The van der Waals surface area contributed by atoms with Gasteiger partial charge in [-0.2, -0.15) is 10.2 Å². The Labute approximate surface area is 106 Å². The van der Waals surface area contributed by atoms with Gasteiger partial charge in [-0.1, -0.05) is 12.7 Å². The lowest BCUT2D eigenvalue weighted by atomic mass is 10.2. The highest BCUT2D eigenvalue weighted by molar-refractivity contribution is 5.77. The first kappa shape index (κ1) is 12.4. The van der Waals surface area contributed by atoms with Crippen LogP contribution in [0.1, 0.15) is 0 Å². The SMILES string of the molecule is C=CCON1C(=O)N2CC(N(C=C)N=C)=CC1C2. The van der Waals surface area contributed by atoms with E-state index in [9.17, 15) is 4.79 Å². The average molecular weight is 248 g/mol. The molecule has 2 amide bonds. The van der Waals surface area contributed by atoms with Crippen molar-refractivity contribution < 1.29 is 9.63 Å². The fraction of sp³-hybridized carbons (Fsp3) is 0.333. The Balaban J connectivity index is 2.17. The smallest absolute Gasteiger partial charge is 0.314 e. The molecule has 2 rings (SSSR count). The van der Waals surface area contributed by atoms with Crippen LogP contribution in [0.4, 0.5) is 4.79 Å². The van der Waals surface area contributed by atoms with Crippen LogP contribution >= 0.6 is 0 Å². The third-order valence-electron chi connectivity index (χ3n) is 2.86. The summed E-state index contributed by atoms with van der Waals surface area (Å²) in [5, 5.41) is 6.76. The fourth-order valence-electron chi connectivity index (χ4n) is 2.08. The second kappa shape index (κ2) is 5.05. The Morgan fingerprint density at radius 2 is 2.39 bits per heavy atom. The van der Waals surface area contributed by atoms with E-state index >= 15 is 0 Å². The molecule has 1 unspecified atom stereocenters. The van der Waals surface area contributed by atoms with Crippen LogP contribution < -0.4 is 0 Å². The minimum atomic E-state index is -0.138. The average Bonchev–Trinajstić information content (AvgIpc) is 2.60. The van der Waals surface area contributed by atoms with Crippen molar-refractivity contribution in [3.05, 3.63) is 37.2 Å². The van der Waals surface area contributed by atoms with Gasteiger partial charge in [0.2, 0.25) is 0 Å². The van der Waals surface area contributed by atoms with E-state index in [1.54, 1.807) is 22.2 Å². The molecule has 6 nitrogen and oxygen atoms in total. The molecule has 18 heavy (non-hydrogen) atoms. The van der Waals surface area contributed by atoms with Crippen LogP contribution in [0, 0.1) is 0 Å². The number of carbonyl (C=O) groups excluding carboxylic acids is 1. The number of nitrogens with zero attached hydrogens (tertiary/aromatic N) is 4. The van der Waals surface area contributed by atoms with E-state index in [2.05, 4.69) is 25.0 Å². The number of hydrogen-bond acceptors (Lipinski definition) is 4. The van der Waals surface area contributed by atoms with Crippen molar-refractivity contribution in [2.45, 2.75) is 6.04 Å². The minimum absolute atomic E-state index is 0.106. The fourth-order valence-corrected chi connectivity index (χ4v) is 2.08. The molecule has 1 fully saturated rings. The number of hydrazone groups is 1. The molecule has 0 N–H and O–H groups in total. The summed E-state index contributed by atoms with van der Waals surface area (Å²) in [7, 11) is 0. The molecule has 2 heterocycles. The maximum absolute atomic E-state index is 12.0. The first-order valence-corrected chi connectivity index (χ1v) is 5.62. The van der Waals surface area contributed by atoms with Gasteiger partial charge in [-0.3, -0.25) is 4.84 Å². The molecule has 0 saturated carbocycles. The number of rotatable bonds is 6. The molecule has 0 aliphatic carbocycles. The normalized spacial score (nSPS) is 21.7. The zero-order chi connectivity index (χ0) is 13.1. The first-order valence-electron chi connectivity index (χ1n) is 5.62. The van der Waals surface area contributed by atoms with Crippen molar-refractivity contribution in [3.63, 3.8) is 0 Å². The molecule has 96 valence electrons. The Hall–Kier alpha value is -2.08. The monoisotopic (exact) mass is 248 g/mol. The van der Waals surface area contributed by atoms with Crippen molar-refractivity contribution in [3.8, 4) is 0 Å². The number of fused-ring (bicyclic) bond motifs is 2. The molecule has 1 saturated heterocycles. The maximum Gasteiger partial charge on any atom is 0.345 e. The number of hydroxylamine groups is 2. The molecule has 2 aliphatic rings. The molecule has 0 spiro atoms. The van der Waals surface area contributed by atoms with Gasteiger partial charge in [-0.25, -0.2) is 9.80 Å². The molecule has 2 bridgehead atoms. The molecule has 6 heteroatoms. The van der Waals surface area contributed by atoms with E-state index in [1.807, 2.05) is 6.08 Å². The number of hydrogen-bond donors (Lipinski definition) is 0. The maximum atomic E-state index is 12.0. The molecule has 0 aromatic carbocycles. The van der Waals surface area contributed by atoms with Crippen LogP contribution in [-0.4, -0.2) is 53.5 Å². The van der Waals surface area contributed by atoms with Crippen molar-refractivity contribution in [1.82, 2.24) is 15.0 Å². The van der Waals surface area contributed by atoms with Gasteiger partial charge in [-0.05, 0) is 6.08 Å². The van der Waals surface area contributed by atoms with Gasteiger partial charge in [0.05, 0.1) is 24.9 Å². The lowest BCUT2D eigenvalue weighted by Gasteiger charge is -2.25. The van der Waals surface area contributed by atoms with Crippen LogP contribution in [0.3, 0.4) is 0 Å². The Morgan fingerprint density at radius 1 is 1.61 bits per heavy atom. The lowest BCUT2D eigenvalue weighted by Crippen LogP contribution is -2.34. The van der Waals surface area contributed by atoms with E-state index in [4.69, 9.17) is 4.84 Å². The van der Waals surface area contributed by atoms with Gasteiger partial charge in [0.25, 0.3) is 0 Å². The third kappa shape index (κ3) is 2.02. The van der Waals surface area contributed by atoms with Gasteiger partial charge >= 0.3 is 6.03 Å². The molecule has 0 radical (unpaired) electrons. The van der Waals surface area contributed by atoms with Crippen LogP contribution in [0.15, 0.2) is 42.3 Å². The summed E-state index contributed by atoms with van der Waals surface area (Å²) in [6, 6.07) is -0.244. The van der Waals surface area contributed by atoms with Crippen LogP contribution in [-0.2, 0) is 4.84 Å². The standard InChI is InChI=1S/C12H16N4O2/c1-4-6-18-16-11-7-10(15(5-2)13-3)8-14(9-11)12(16)17/h4-5,7,11H,1-3,6,8-9H2. The van der Waals surface area contributed by atoms with E-state index in [0.29, 0.717) is 19.7 Å². The third-order valence-corrected chi connectivity index (χ3v) is 2.86. The first-order chi connectivity index (χ1) is 8.71. The summed E-state index contributed by atoms with van der Waals surface area (Å²) >= 11 is 0. The van der Waals surface area contributed by atoms with Crippen LogP contribution in [0.25, 0.3) is 0 Å². The van der Waals surface area contributed by atoms with Crippen molar-refractivity contribution in [2.24, 2.45) is 5.10 Å². The van der Waals surface area contributed by atoms with Crippen molar-refractivity contribution in [1.29, 1.82) is 0 Å². The second-order valence-electron chi connectivity index (χ2n) is 3.97. The highest BCUT2D eigenvalue weighted by Gasteiger charge is 2.41. The summed E-state index contributed by atoms with van der Waals surface area (Å²) in [6.07, 6.45) is 5.11. The second-order valence-corrected chi connectivity index (χ2v) is 3.97. The van der Waals surface area contributed by atoms with Gasteiger partial charge in [-0.15, -0.1) is 6.58 Å². The summed E-state index contributed by atoms with van der Waals surface area (Å²) < 4.78 is 0. The largest absolute Gasteiger partial charge is 0.345 e. The predicted molar refractivity (Wildman–Crippen MR) is 68.4 cm³/mol. The van der Waals surface area contributed by atoms with E-state index < -0.39 is 0 Å². The molecule has 2 aliphatic heterocycles. The summed E-state index contributed by atoms with van der Waals surface area (Å²) in [5.74, 6) is 0. The van der Waals surface area contributed by atoms with Crippen LogP contribution in [0.2, 0.25) is 0 Å². The molecule has 0 aromatic rings. The Bertz CT molecular complexity index is 410. The highest BCUT2D eigenvalue weighted by atomic mass is 16.7. The van der Waals surface area contributed by atoms with Gasteiger partial charge < -0.3 is 4.90 Å². The summed E-state index contributed by atoms with van der Waals surface area (Å²) in [5.41, 5.74) is 0.870. The lowest BCUT2D eigenvalue weighted by molar-refractivity contribution is -0.107. The van der Waals surface area contributed by atoms with Gasteiger partial charge in [0.15, 0.2) is 0 Å². The highest BCUT2D eigenvalue weighted by Crippen LogP contribution is 2.26. The van der Waals surface area contributed by atoms with Gasteiger partial charge in [0.1, 0.15) is 0 Å². The summed E-state index contributed by atoms with van der Waals surface area (Å²) in [6.45, 7) is 12.1. The molecule has 0 aromatic heterocycles. The number of urea groups is 1. The Kier molecular flexibility index (Phi) is 3.47. The predicted octanol–water partition coefficient (Wildman–Crippen LogP) is 1.17. The Morgan fingerprint density at radius 3 is 3.00 bits per heavy atom. The molecular weight excluding hydrogens is 232 g/mol. The van der Waals surface area contributed by atoms with E-state index in [1.165, 1.54) is 5.06 Å². The van der Waals surface area contributed by atoms with Crippen molar-refractivity contribution in [2.75, 3.05) is 19.7 Å². The van der Waals surface area contributed by atoms with Crippen LogP contribution in [0.5, 0.6) is 0 Å². The number of amides is 2. The topological polar surface area (TPSA) is 48.4 Å². The zero-order valence-electron chi connectivity index (χ0n) is 10.2. The zero-order valence-corrected chi connectivity index (χ0v) is 10.2. The molecule has 1 atom stereocenters. The van der Waals surface area contributed by atoms with E-state index in [0.717, 1.165) is 5.70 Å². The summed E-state index contributed by atoms with van der Waals surface area (Å²) in [4.78, 5) is 19.1. The van der Waals surface area contributed by atoms with Crippen molar-refractivity contribution >= 4 is 12.7 Å². The molecular formula is C12H16N4O2. The van der Waals surface area contributed by atoms with Gasteiger partial charge in [0, 0.05) is 19.5 Å².